The Morgan fingerprint density at radius 1 is 1.26 bits per heavy atom. The number of aromatic nitrogens is 3. The molecule has 1 saturated heterocycles. The highest BCUT2D eigenvalue weighted by Gasteiger charge is 2.37. The Bertz CT molecular complexity index is 625. The first-order valence-electron chi connectivity index (χ1n) is 8.48. The fourth-order valence-electron chi connectivity index (χ4n) is 3.20. The van der Waals surface area contributed by atoms with Crippen LogP contribution in [0.4, 0.5) is 0 Å². The Morgan fingerprint density at radius 3 is 2.74 bits per heavy atom. The molecule has 124 valence electrons. The SMILES string of the molecule is CC(C)n1cc([C@]2(O)CCCN(CCc3ccccc3)C2)nn1. The molecule has 1 aliphatic heterocycles. The summed E-state index contributed by atoms with van der Waals surface area (Å²) >= 11 is 0. The molecule has 0 amide bonds. The number of hydrogen-bond acceptors (Lipinski definition) is 4. The molecule has 5 nitrogen and oxygen atoms in total. The Morgan fingerprint density at radius 2 is 2.04 bits per heavy atom. The van der Waals surface area contributed by atoms with Crippen molar-refractivity contribution < 1.29 is 5.11 Å². The lowest BCUT2D eigenvalue weighted by molar-refractivity contribution is -0.0385. The van der Waals surface area contributed by atoms with Crippen LogP contribution in [-0.4, -0.2) is 44.6 Å². The highest BCUT2D eigenvalue weighted by Crippen LogP contribution is 2.30. The first-order chi connectivity index (χ1) is 11.1. The third-order valence-electron chi connectivity index (χ3n) is 4.63. The van der Waals surface area contributed by atoms with Crippen molar-refractivity contribution in [3.05, 3.63) is 47.8 Å². The van der Waals surface area contributed by atoms with E-state index >= 15 is 0 Å². The number of rotatable bonds is 5. The maximum absolute atomic E-state index is 11.0. The highest BCUT2D eigenvalue weighted by molar-refractivity contribution is 5.15. The molecule has 2 heterocycles. The molecule has 0 bridgehead atoms. The maximum Gasteiger partial charge on any atom is 0.123 e. The molecule has 0 radical (unpaired) electrons. The minimum atomic E-state index is -0.873. The van der Waals surface area contributed by atoms with Crippen LogP contribution in [0.15, 0.2) is 36.5 Å². The summed E-state index contributed by atoms with van der Waals surface area (Å²) in [7, 11) is 0. The molecule has 2 aromatic rings. The van der Waals surface area contributed by atoms with Gasteiger partial charge in [0.1, 0.15) is 11.3 Å². The number of β-amino-alcohol motifs (C(OH)–C–C–N with tert-alkyl or cyclic N) is 1. The molecule has 1 aliphatic rings. The van der Waals surface area contributed by atoms with Gasteiger partial charge in [-0.2, -0.15) is 0 Å². The van der Waals surface area contributed by atoms with Crippen molar-refractivity contribution in [2.24, 2.45) is 0 Å². The van der Waals surface area contributed by atoms with E-state index < -0.39 is 5.60 Å². The highest BCUT2D eigenvalue weighted by atomic mass is 16.3. The van der Waals surface area contributed by atoms with Gasteiger partial charge in [-0.3, -0.25) is 4.90 Å². The van der Waals surface area contributed by atoms with Gasteiger partial charge >= 0.3 is 0 Å². The number of benzene rings is 1. The normalized spacial score (nSPS) is 22.6. The molecule has 0 spiro atoms. The van der Waals surface area contributed by atoms with Crippen molar-refractivity contribution in [2.45, 2.75) is 44.8 Å². The zero-order valence-corrected chi connectivity index (χ0v) is 14.0. The lowest BCUT2D eigenvalue weighted by atomic mass is 9.90. The van der Waals surface area contributed by atoms with Crippen LogP contribution >= 0.6 is 0 Å². The van der Waals surface area contributed by atoms with E-state index in [0.717, 1.165) is 32.4 Å². The minimum absolute atomic E-state index is 0.262. The van der Waals surface area contributed by atoms with Crippen LogP contribution in [0.2, 0.25) is 0 Å². The fourth-order valence-corrected chi connectivity index (χ4v) is 3.20. The lowest BCUT2D eigenvalue weighted by Crippen LogP contribution is -2.47. The van der Waals surface area contributed by atoms with Crippen molar-refractivity contribution in [2.75, 3.05) is 19.6 Å². The van der Waals surface area contributed by atoms with E-state index in [9.17, 15) is 5.11 Å². The second-order valence-corrected chi connectivity index (χ2v) is 6.82. The van der Waals surface area contributed by atoms with Crippen LogP contribution in [-0.2, 0) is 12.0 Å². The number of likely N-dealkylation sites (tertiary alicyclic amines) is 1. The standard InChI is InChI=1S/C18H26N4O/c1-15(2)22-13-17(19-20-22)18(23)10-6-11-21(14-18)12-9-16-7-4-3-5-8-16/h3-5,7-8,13,15,23H,6,9-12,14H2,1-2H3/t18-/m0/s1. The van der Waals surface area contributed by atoms with Gasteiger partial charge < -0.3 is 5.11 Å². The van der Waals surface area contributed by atoms with Gasteiger partial charge in [-0.05, 0) is 45.2 Å². The smallest absolute Gasteiger partial charge is 0.123 e. The van der Waals surface area contributed by atoms with Crippen LogP contribution < -0.4 is 0 Å². The van der Waals surface area contributed by atoms with Crippen LogP contribution in [0.25, 0.3) is 0 Å². The Labute approximate surface area is 137 Å². The minimum Gasteiger partial charge on any atom is -0.382 e. The van der Waals surface area contributed by atoms with Crippen molar-refractivity contribution in [3.63, 3.8) is 0 Å². The molecule has 1 atom stereocenters. The molecule has 0 saturated carbocycles. The van der Waals surface area contributed by atoms with Crippen LogP contribution in [0, 0.1) is 0 Å². The van der Waals surface area contributed by atoms with Crippen molar-refractivity contribution in [1.29, 1.82) is 0 Å². The van der Waals surface area contributed by atoms with Crippen molar-refractivity contribution >= 4 is 0 Å². The van der Waals surface area contributed by atoms with E-state index in [4.69, 9.17) is 0 Å². The van der Waals surface area contributed by atoms with Gasteiger partial charge in [0.2, 0.25) is 0 Å². The fraction of sp³-hybridized carbons (Fsp3) is 0.556. The van der Waals surface area contributed by atoms with E-state index in [1.165, 1.54) is 5.56 Å². The summed E-state index contributed by atoms with van der Waals surface area (Å²) in [4.78, 5) is 2.34. The van der Waals surface area contributed by atoms with Crippen LogP contribution in [0.1, 0.15) is 44.0 Å². The van der Waals surface area contributed by atoms with Gasteiger partial charge in [-0.1, -0.05) is 35.5 Å². The topological polar surface area (TPSA) is 54.2 Å². The van der Waals surface area contributed by atoms with Gasteiger partial charge in [-0.25, -0.2) is 4.68 Å². The second kappa shape index (κ2) is 6.81. The zero-order chi connectivity index (χ0) is 16.3. The Balaban J connectivity index is 1.64. The molecule has 1 aromatic carbocycles. The van der Waals surface area contributed by atoms with Gasteiger partial charge in [0, 0.05) is 19.1 Å². The summed E-state index contributed by atoms with van der Waals surface area (Å²) in [6, 6.07) is 10.8. The first-order valence-corrected chi connectivity index (χ1v) is 8.48. The monoisotopic (exact) mass is 314 g/mol. The first kappa shape index (κ1) is 16.1. The number of aliphatic hydroxyl groups is 1. The van der Waals surface area contributed by atoms with Crippen LogP contribution in [0.3, 0.4) is 0 Å². The number of piperidine rings is 1. The van der Waals surface area contributed by atoms with Gasteiger partial charge in [0.25, 0.3) is 0 Å². The molecule has 5 heteroatoms. The largest absolute Gasteiger partial charge is 0.382 e. The molecule has 23 heavy (non-hydrogen) atoms. The van der Waals surface area contributed by atoms with Crippen molar-refractivity contribution in [3.8, 4) is 0 Å². The third kappa shape index (κ3) is 3.79. The third-order valence-corrected chi connectivity index (χ3v) is 4.63. The van der Waals surface area contributed by atoms with E-state index in [1.807, 2.05) is 16.9 Å². The summed E-state index contributed by atoms with van der Waals surface area (Å²) in [5, 5.41) is 19.4. The number of nitrogens with zero attached hydrogens (tertiary/aromatic N) is 4. The Kier molecular flexibility index (Phi) is 4.78. The summed E-state index contributed by atoms with van der Waals surface area (Å²) in [6.07, 6.45) is 4.65. The van der Waals surface area contributed by atoms with E-state index in [2.05, 4.69) is 53.3 Å². The summed E-state index contributed by atoms with van der Waals surface area (Å²) in [5.41, 5.74) is 1.17. The lowest BCUT2D eigenvalue weighted by Gasteiger charge is -2.38. The average Bonchev–Trinajstić information content (AvgIpc) is 3.05. The molecule has 0 aliphatic carbocycles. The summed E-state index contributed by atoms with van der Waals surface area (Å²) < 4.78 is 1.82. The van der Waals surface area contributed by atoms with Gasteiger partial charge in [0.15, 0.2) is 0 Å². The van der Waals surface area contributed by atoms with Crippen molar-refractivity contribution in [1.82, 2.24) is 19.9 Å². The zero-order valence-electron chi connectivity index (χ0n) is 14.0. The molecule has 3 rings (SSSR count). The molecular formula is C18H26N4O. The Hall–Kier alpha value is -1.72. The predicted molar refractivity (Wildman–Crippen MR) is 90.1 cm³/mol. The molecule has 1 N–H and O–H groups in total. The van der Waals surface area contributed by atoms with E-state index in [-0.39, 0.29) is 6.04 Å². The molecule has 0 unspecified atom stereocenters. The van der Waals surface area contributed by atoms with E-state index in [1.54, 1.807) is 0 Å². The quantitative estimate of drug-likeness (QED) is 0.920. The average molecular weight is 314 g/mol. The summed E-state index contributed by atoms with van der Waals surface area (Å²) in [5.74, 6) is 0. The van der Waals surface area contributed by atoms with Gasteiger partial charge in [-0.15, -0.1) is 5.10 Å². The van der Waals surface area contributed by atoms with Crippen LogP contribution in [0.5, 0.6) is 0 Å². The predicted octanol–water partition coefficient (Wildman–Crippen LogP) is 2.39. The molecule has 1 fully saturated rings. The maximum atomic E-state index is 11.0. The second-order valence-electron chi connectivity index (χ2n) is 6.82. The van der Waals surface area contributed by atoms with E-state index in [0.29, 0.717) is 12.2 Å². The molecular weight excluding hydrogens is 288 g/mol. The van der Waals surface area contributed by atoms with Gasteiger partial charge in [0.05, 0.1) is 6.20 Å². The number of hydrogen-bond donors (Lipinski definition) is 1. The molecule has 1 aromatic heterocycles. The summed E-state index contributed by atoms with van der Waals surface area (Å²) in [6.45, 7) is 6.76.